The number of methoxy groups -OCH3 is 1. The second kappa shape index (κ2) is 30.1. The summed E-state index contributed by atoms with van der Waals surface area (Å²) >= 11 is 6.09. The lowest BCUT2D eigenvalue weighted by molar-refractivity contribution is -0.143. The third-order valence-corrected chi connectivity index (χ3v) is 10.7. The minimum Gasteiger partial charge on any atom is -0.504 e. The van der Waals surface area contributed by atoms with Crippen molar-refractivity contribution < 1.29 is 78.5 Å². The molecule has 0 aromatic heterocycles. The van der Waals surface area contributed by atoms with Crippen molar-refractivity contribution in [3.05, 3.63) is 147 Å². The fourth-order valence-electron chi connectivity index (χ4n) is 5.85. The summed E-state index contributed by atoms with van der Waals surface area (Å²) in [6.07, 6.45) is 0.716. The Morgan fingerprint density at radius 1 is 0.521 bits per heavy atom. The normalized spacial score (nSPS) is 10.6. The first-order valence-corrected chi connectivity index (χ1v) is 23.9. The van der Waals surface area contributed by atoms with Gasteiger partial charge >= 0.3 is 39.5 Å². The largest absolute Gasteiger partial charge is 0.534 e. The molecule has 0 aliphatic heterocycles. The van der Waals surface area contributed by atoms with Crippen molar-refractivity contribution in [1.82, 2.24) is 0 Å². The second-order valence-electron chi connectivity index (χ2n) is 15.1. The molecule has 0 radical (unpaired) electrons. The van der Waals surface area contributed by atoms with E-state index in [9.17, 15) is 45.9 Å². The second-order valence-corrected chi connectivity index (χ2v) is 17.0. The van der Waals surface area contributed by atoms with E-state index in [2.05, 4.69) is 11.1 Å². The van der Waals surface area contributed by atoms with E-state index in [4.69, 9.17) is 40.0 Å². The number of carbonyl (C=O) groups excluding carboxylic acids is 4. The van der Waals surface area contributed by atoms with Gasteiger partial charge in [0.15, 0.2) is 11.5 Å². The van der Waals surface area contributed by atoms with Crippen molar-refractivity contribution in [2.75, 3.05) is 33.5 Å². The van der Waals surface area contributed by atoms with E-state index in [1.807, 2.05) is 69.3 Å². The molecule has 5 aromatic rings. The zero-order valence-electron chi connectivity index (χ0n) is 41.1. The van der Waals surface area contributed by atoms with Crippen LogP contribution in [-0.2, 0) is 73.9 Å². The first-order chi connectivity index (χ1) is 33.5. The Labute approximate surface area is 418 Å². The maximum absolute atomic E-state index is 12.2. The lowest BCUT2D eigenvalue weighted by Gasteiger charge is -2.12. The fraction of sp³-hybridized carbons (Fsp3) is 0.346. The molecule has 386 valence electrons. The Bertz CT molecular complexity index is 2650. The number of phenols is 1. The van der Waals surface area contributed by atoms with Gasteiger partial charge in [-0.05, 0) is 136 Å². The van der Waals surface area contributed by atoms with Gasteiger partial charge in [0.1, 0.15) is 17.2 Å². The van der Waals surface area contributed by atoms with Crippen LogP contribution in [0.15, 0.2) is 97.1 Å². The molecule has 0 bridgehead atoms. The monoisotopic (exact) mass is 1030 g/mol. The maximum Gasteiger partial charge on any atom is 0.534 e. The lowest BCUT2D eigenvalue weighted by Crippen LogP contribution is -2.28. The van der Waals surface area contributed by atoms with Gasteiger partial charge in [-0.2, -0.15) is 21.6 Å². The van der Waals surface area contributed by atoms with Crippen LogP contribution < -0.4 is 13.7 Å². The molecule has 5 aromatic carbocycles. The molecule has 0 aliphatic rings. The predicted molar refractivity (Wildman–Crippen MR) is 261 cm³/mol. The molecule has 0 fully saturated rings. The molecule has 0 saturated heterocycles. The lowest BCUT2D eigenvalue weighted by atomic mass is 10.0. The van der Waals surface area contributed by atoms with Gasteiger partial charge in [0, 0.05) is 0 Å². The van der Waals surface area contributed by atoms with Crippen LogP contribution in [-0.4, -0.2) is 76.4 Å². The highest BCUT2D eigenvalue weighted by atomic mass is 35.5. The van der Waals surface area contributed by atoms with Crippen molar-refractivity contribution >= 4 is 45.6 Å². The predicted octanol–water partition coefficient (Wildman–Crippen LogP) is 10.8. The van der Waals surface area contributed by atoms with E-state index < -0.39 is 27.3 Å². The third-order valence-electron chi connectivity index (χ3n) is 9.46. The molecule has 1 N–H and O–H groups in total. The van der Waals surface area contributed by atoms with Gasteiger partial charge in [-0.3, -0.25) is 19.2 Å². The number of ether oxygens (including phenoxy) is 6. The topological polar surface area (TPSA) is 187 Å². The van der Waals surface area contributed by atoms with Crippen molar-refractivity contribution in [3.8, 4) is 28.7 Å². The molecule has 0 unspecified atom stereocenters. The van der Waals surface area contributed by atoms with E-state index in [0.717, 1.165) is 28.3 Å². The highest BCUT2D eigenvalue weighted by molar-refractivity contribution is 7.88. The Morgan fingerprint density at radius 2 is 0.930 bits per heavy atom. The molecule has 0 heterocycles. The van der Waals surface area contributed by atoms with Crippen LogP contribution >= 0.6 is 11.6 Å². The molecule has 5 rings (SSSR count). The molecule has 0 amide bonds. The zero-order chi connectivity index (χ0) is 53.3. The standard InChI is InChI=1S/C17H17ClO3.C12H13F3O5S.C12H16O2.C11H14O4/c1-3-20-17(19)11-13-9-8-12(2)16(10-13)21-15-7-5-4-6-14(15)18;1-3-19-11(16)7-9-4-5-10(8(2)6-9)20-21(17,18)12(13,14)15;1-4-14-12(13)8-11-6-5-9(2)10(3)7-11;1-3-15-11(13)7-8-4-5-9(12)10(6-8)14-2/h4-10H,3,11H2,1-2H3;4-6H,3,7H2,1-2H3;5-7H,4,8H2,1-3H3;4-6,12H,3,7H2,1-2H3. The molecular weight excluding hydrogens is 973 g/mol. The van der Waals surface area contributed by atoms with Gasteiger partial charge in [-0.15, -0.1) is 0 Å². The summed E-state index contributed by atoms with van der Waals surface area (Å²) in [7, 11) is -4.25. The Hall–Kier alpha value is -6.79. The summed E-state index contributed by atoms with van der Waals surface area (Å²) in [4.78, 5) is 45.2. The van der Waals surface area contributed by atoms with Crippen molar-refractivity contribution in [2.45, 2.75) is 86.6 Å². The number of alkyl halides is 3. The zero-order valence-corrected chi connectivity index (χ0v) is 42.6. The van der Waals surface area contributed by atoms with Crippen molar-refractivity contribution in [3.63, 3.8) is 0 Å². The van der Waals surface area contributed by atoms with Crippen LogP contribution in [0.4, 0.5) is 13.2 Å². The average molecular weight is 1030 g/mol. The van der Waals surface area contributed by atoms with Crippen LogP contribution in [0.25, 0.3) is 0 Å². The maximum atomic E-state index is 12.2. The molecule has 0 atom stereocenters. The molecule has 71 heavy (non-hydrogen) atoms. The third kappa shape index (κ3) is 21.8. The number of hydrogen-bond donors (Lipinski definition) is 1. The number of phenolic OH excluding ortho intramolecular Hbond substituents is 1. The quantitative estimate of drug-likeness (QED) is 0.0401. The van der Waals surface area contributed by atoms with E-state index in [0.29, 0.717) is 54.1 Å². The number of halogens is 4. The van der Waals surface area contributed by atoms with Gasteiger partial charge in [0.2, 0.25) is 0 Å². The number of carbonyl (C=O) groups is 4. The molecule has 19 heteroatoms. The summed E-state index contributed by atoms with van der Waals surface area (Å²) in [5, 5.41) is 9.88. The smallest absolute Gasteiger partial charge is 0.504 e. The van der Waals surface area contributed by atoms with Crippen LogP contribution in [0.1, 0.15) is 72.2 Å². The van der Waals surface area contributed by atoms with Gasteiger partial charge < -0.3 is 37.7 Å². The SMILES string of the molecule is CCOC(=O)Cc1ccc(C)c(C)c1.CCOC(=O)Cc1ccc(C)c(Oc2ccccc2Cl)c1.CCOC(=O)Cc1ccc(O)c(OC)c1.CCOC(=O)Cc1ccc(OS(=O)(=O)C(F)(F)F)c(C)c1. The van der Waals surface area contributed by atoms with Gasteiger partial charge in [0.05, 0.1) is 64.2 Å². The van der Waals surface area contributed by atoms with Crippen LogP contribution in [0.2, 0.25) is 5.02 Å². The fourth-order valence-corrected chi connectivity index (χ4v) is 6.54. The molecular formula is C52H60ClF3O14S. The number of aryl methyl sites for hydroxylation is 4. The van der Waals surface area contributed by atoms with Crippen molar-refractivity contribution in [1.29, 1.82) is 0 Å². The number of benzene rings is 5. The summed E-state index contributed by atoms with van der Waals surface area (Å²) in [6, 6.07) is 27.5. The first-order valence-electron chi connectivity index (χ1n) is 22.1. The molecule has 0 saturated carbocycles. The minimum atomic E-state index is -5.71. The highest BCUT2D eigenvalue weighted by Crippen LogP contribution is 2.32. The molecule has 14 nitrogen and oxygen atoms in total. The van der Waals surface area contributed by atoms with E-state index >= 15 is 0 Å². The Balaban J connectivity index is 0.000000330. The summed E-state index contributed by atoms with van der Waals surface area (Å²) in [5.41, 5.74) is 1.19. The van der Waals surface area contributed by atoms with Crippen LogP contribution in [0.5, 0.6) is 28.7 Å². The summed E-state index contributed by atoms with van der Waals surface area (Å²) in [5.74, 6) is 0.0711. The summed E-state index contributed by atoms with van der Waals surface area (Å²) < 4.78 is 92.6. The number of para-hydroxylation sites is 1. The van der Waals surface area contributed by atoms with Gasteiger partial charge in [-0.25, -0.2) is 0 Å². The first kappa shape index (κ1) is 60.3. The van der Waals surface area contributed by atoms with E-state index in [1.165, 1.54) is 43.4 Å². The van der Waals surface area contributed by atoms with E-state index in [1.54, 1.807) is 45.0 Å². The number of aromatic hydroxyl groups is 1. The van der Waals surface area contributed by atoms with Gasteiger partial charge in [0.25, 0.3) is 0 Å². The summed E-state index contributed by atoms with van der Waals surface area (Å²) in [6.45, 7) is 15.8. The molecule has 0 aliphatic carbocycles. The molecule has 0 spiro atoms. The Morgan fingerprint density at radius 3 is 1.35 bits per heavy atom. The number of hydrogen-bond acceptors (Lipinski definition) is 14. The van der Waals surface area contributed by atoms with E-state index in [-0.39, 0.29) is 55.1 Å². The number of esters is 4. The Kier molecular flexibility index (Phi) is 25.5. The van der Waals surface area contributed by atoms with Crippen LogP contribution in [0, 0.1) is 27.7 Å². The van der Waals surface area contributed by atoms with Crippen molar-refractivity contribution in [2.24, 2.45) is 0 Å². The minimum absolute atomic E-state index is 0.0603. The number of rotatable bonds is 17. The van der Waals surface area contributed by atoms with Gasteiger partial charge in [-0.1, -0.05) is 72.3 Å². The highest BCUT2D eigenvalue weighted by Gasteiger charge is 2.48. The average Bonchev–Trinajstić information content (AvgIpc) is 3.29. The van der Waals surface area contributed by atoms with Crippen LogP contribution in [0.3, 0.4) is 0 Å².